The summed E-state index contributed by atoms with van der Waals surface area (Å²) < 4.78 is 22.5. The largest absolute Gasteiger partial charge is 0.224 e. The number of hydrogen-bond donors (Lipinski definition) is 0. The highest BCUT2D eigenvalue weighted by Gasteiger charge is 2.08. The number of sulfone groups is 1. The number of allylic oxidation sites excluding steroid dienone is 1. The maximum absolute atomic E-state index is 11.3. The van der Waals surface area contributed by atoms with Crippen molar-refractivity contribution < 1.29 is 8.42 Å². The van der Waals surface area contributed by atoms with Crippen LogP contribution < -0.4 is 0 Å². The Morgan fingerprint density at radius 1 is 1.36 bits per heavy atom. The molecule has 0 N–H and O–H groups in total. The molecule has 0 aromatic heterocycles. The van der Waals surface area contributed by atoms with Crippen LogP contribution in [-0.4, -0.2) is 20.0 Å². The zero-order chi connectivity index (χ0) is 10.6. The van der Waals surface area contributed by atoms with Crippen LogP contribution in [0.3, 0.4) is 0 Å². The maximum Gasteiger partial charge on any atom is 0.172 e. The summed E-state index contributed by atoms with van der Waals surface area (Å²) in [5.74, 6) is 0. The average molecular weight is 275 g/mol. The molecule has 0 bridgehead atoms. The minimum Gasteiger partial charge on any atom is -0.224 e. The number of halogens is 1. The van der Waals surface area contributed by atoms with E-state index in [4.69, 9.17) is 0 Å². The lowest BCUT2D eigenvalue weighted by Gasteiger charge is -2.00. The first-order valence-electron chi connectivity index (χ1n) is 4.05. The van der Waals surface area contributed by atoms with Gasteiger partial charge in [-0.2, -0.15) is 0 Å². The Bertz CT molecular complexity index is 421. The SMILES string of the molecule is CS(=O)(=O)C(=Cc1ccccc1)CBr. The Hall–Kier alpha value is -0.610. The molecular weight excluding hydrogens is 264 g/mol. The molecule has 0 unspecified atom stereocenters. The van der Waals surface area contributed by atoms with E-state index in [-0.39, 0.29) is 0 Å². The Morgan fingerprint density at radius 3 is 2.36 bits per heavy atom. The van der Waals surface area contributed by atoms with E-state index in [1.54, 1.807) is 6.08 Å². The quantitative estimate of drug-likeness (QED) is 0.794. The fourth-order valence-corrected chi connectivity index (χ4v) is 2.94. The molecule has 1 rings (SSSR count). The molecule has 0 spiro atoms. The van der Waals surface area contributed by atoms with Crippen molar-refractivity contribution in [3.05, 3.63) is 40.8 Å². The van der Waals surface area contributed by atoms with E-state index in [2.05, 4.69) is 15.9 Å². The van der Waals surface area contributed by atoms with E-state index in [0.29, 0.717) is 10.2 Å². The van der Waals surface area contributed by atoms with Crippen molar-refractivity contribution in [2.75, 3.05) is 11.6 Å². The van der Waals surface area contributed by atoms with Gasteiger partial charge in [-0.1, -0.05) is 46.3 Å². The molecule has 0 saturated carbocycles. The first kappa shape index (κ1) is 11.5. The summed E-state index contributed by atoms with van der Waals surface area (Å²) in [6.07, 6.45) is 2.88. The van der Waals surface area contributed by atoms with Gasteiger partial charge in [-0.25, -0.2) is 8.42 Å². The van der Waals surface area contributed by atoms with Gasteiger partial charge in [0.1, 0.15) is 0 Å². The van der Waals surface area contributed by atoms with Gasteiger partial charge in [-0.05, 0) is 11.6 Å². The summed E-state index contributed by atoms with van der Waals surface area (Å²) in [5.41, 5.74) is 0.896. The van der Waals surface area contributed by atoms with Gasteiger partial charge in [0.2, 0.25) is 0 Å². The molecule has 2 nitrogen and oxygen atoms in total. The highest BCUT2D eigenvalue weighted by Crippen LogP contribution is 2.13. The summed E-state index contributed by atoms with van der Waals surface area (Å²) in [6, 6.07) is 9.38. The van der Waals surface area contributed by atoms with Crippen molar-refractivity contribution in [1.29, 1.82) is 0 Å². The average Bonchev–Trinajstić information content (AvgIpc) is 2.14. The molecule has 0 heterocycles. The molecule has 0 fully saturated rings. The second-order valence-electron chi connectivity index (χ2n) is 2.93. The molecule has 76 valence electrons. The second kappa shape index (κ2) is 4.75. The molecule has 0 amide bonds. The lowest BCUT2D eigenvalue weighted by molar-refractivity contribution is 0.608. The van der Waals surface area contributed by atoms with Gasteiger partial charge in [0, 0.05) is 11.6 Å². The van der Waals surface area contributed by atoms with Gasteiger partial charge >= 0.3 is 0 Å². The fraction of sp³-hybridized carbons (Fsp3) is 0.200. The zero-order valence-electron chi connectivity index (χ0n) is 7.77. The van der Waals surface area contributed by atoms with Crippen molar-refractivity contribution in [1.82, 2.24) is 0 Å². The number of benzene rings is 1. The van der Waals surface area contributed by atoms with Crippen molar-refractivity contribution in [2.24, 2.45) is 0 Å². The van der Waals surface area contributed by atoms with Gasteiger partial charge in [0.15, 0.2) is 9.84 Å². The Labute approximate surface area is 92.7 Å². The molecule has 1 aromatic carbocycles. The minimum absolute atomic E-state index is 0.348. The Kier molecular flexibility index (Phi) is 3.89. The molecule has 4 heteroatoms. The van der Waals surface area contributed by atoms with Gasteiger partial charge < -0.3 is 0 Å². The molecule has 0 radical (unpaired) electrons. The maximum atomic E-state index is 11.3. The zero-order valence-corrected chi connectivity index (χ0v) is 10.2. The van der Waals surface area contributed by atoms with Crippen molar-refractivity contribution in [2.45, 2.75) is 0 Å². The molecule has 1 aromatic rings. The van der Waals surface area contributed by atoms with Crippen molar-refractivity contribution in [3.63, 3.8) is 0 Å². The molecule has 0 aliphatic rings. The van der Waals surface area contributed by atoms with Crippen LogP contribution in [0.2, 0.25) is 0 Å². The van der Waals surface area contributed by atoms with Crippen LogP contribution in [0.4, 0.5) is 0 Å². The lowest BCUT2D eigenvalue weighted by atomic mass is 10.2. The number of hydrogen-bond acceptors (Lipinski definition) is 2. The van der Waals surface area contributed by atoms with E-state index in [9.17, 15) is 8.42 Å². The van der Waals surface area contributed by atoms with Crippen LogP contribution in [-0.2, 0) is 9.84 Å². The molecule has 14 heavy (non-hydrogen) atoms. The minimum atomic E-state index is -3.10. The summed E-state index contributed by atoms with van der Waals surface area (Å²) in [6.45, 7) is 0. The molecule has 0 atom stereocenters. The third-order valence-electron chi connectivity index (χ3n) is 1.74. The standard InChI is InChI=1S/C10H11BrO2S/c1-14(12,13)10(8-11)7-9-5-3-2-4-6-9/h2-7H,8H2,1H3. The van der Waals surface area contributed by atoms with Gasteiger partial charge in [0.25, 0.3) is 0 Å². The van der Waals surface area contributed by atoms with Crippen LogP contribution in [0, 0.1) is 0 Å². The van der Waals surface area contributed by atoms with Crippen LogP contribution in [0.15, 0.2) is 35.2 Å². The number of rotatable bonds is 3. The predicted octanol–water partition coefficient (Wildman–Crippen LogP) is 2.47. The number of alkyl halides is 1. The van der Waals surface area contributed by atoms with Crippen LogP contribution in [0.1, 0.15) is 5.56 Å². The van der Waals surface area contributed by atoms with Crippen LogP contribution >= 0.6 is 15.9 Å². The molecule has 0 saturated heterocycles. The molecule has 0 aliphatic carbocycles. The normalized spacial score (nSPS) is 12.9. The highest BCUT2D eigenvalue weighted by molar-refractivity contribution is 9.09. The summed E-state index contributed by atoms with van der Waals surface area (Å²) in [7, 11) is -3.10. The highest BCUT2D eigenvalue weighted by atomic mass is 79.9. The summed E-state index contributed by atoms with van der Waals surface area (Å²) in [4.78, 5) is 0.392. The fourth-order valence-electron chi connectivity index (χ4n) is 0.980. The van der Waals surface area contributed by atoms with Crippen molar-refractivity contribution >= 4 is 31.8 Å². The van der Waals surface area contributed by atoms with E-state index in [1.165, 1.54) is 6.26 Å². The van der Waals surface area contributed by atoms with Gasteiger partial charge in [-0.3, -0.25) is 0 Å². The van der Waals surface area contributed by atoms with Gasteiger partial charge in [-0.15, -0.1) is 0 Å². The first-order chi connectivity index (χ1) is 6.54. The first-order valence-corrected chi connectivity index (χ1v) is 7.07. The molecule has 0 aliphatic heterocycles. The summed E-state index contributed by atoms with van der Waals surface area (Å²) in [5, 5.41) is 0.348. The van der Waals surface area contributed by atoms with Gasteiger partial charge in [0.05, 0.1) is 4.91 Å². The molecular formula is C10H11BrO2S. The lowest BCUT2D eigenvalue weighted by Crippen LogP contribution is -2.01. The van der Waals surface area contributed by atoms with E-state index in [1.807, 2.05) is 30.3 Å². The monoisotopic (exact) mass is 274 g/mol. The Morgan fingerprint density at radius 2 is 1.93 bits per heavy atom. The van der Waals surface area contributed by atoms with Crippen LogP contribution in [0.25, 0.3) is 6.08 Å². The van der Waals surface area contributed by atoms with E-state index >= 15 is 0 Å². The van der Waals surface area contributed by atoms with E-state index < -0.39 is 9.84 Å². The van der Waals surface area contributed by atoms with Crippen molar-refractivity contribution in [3.8, 4) is 0 Å². The summed E-state index contributed by atoms with van der Waals surface area (Å²) >= 11 is 3.16. The topological polar surface area (TPSA) is 34.1 Å². The smallest absolute Gasteiger partial charge is 0.172 e. The third-order valence-corrected chi connectivity index (χ3v) is 3.93. The predicted molar refractivity (Wildman–Crippen MR) is 63.1 cm³/mol. The van der Waals surface area contributed by atoms with Crippen LogP contribution in [0.5, 0.6) is 0 Å². The van der Waals surface area contributed by atoms with E-state index in [0.717, 1.165) is 5.56 Å². The third kappa shape index (κ3) is 3.27. The Balaban J connectivity index is 3.09. The second-order valence-corrected chi connectivity index (χ2v) is 5.56.